The number of nitrogens with two attached hydrogens (primary N) is 1. The molecule has 1 atom stereocenters. The molecule has 0 spiro atoms. The highest BCUT2D eigenvalue weighted by Gasteiger charge is 2.27. The van der Waals surface area contributed by atoms with Crippen LogP contribution in [0.4, 0.5) is 0 Å². The normalized spacial score (nSPS) is 20.7. The SMILES string of the molecule is COC(OC)C(N)CC1CC1. The molecule has 0 amide bonds. The number of hydrogen-bond acceptors (Lipinski definition) is 3. The molecule has 66 valence electrons. The monoisotopic (exact) mass is 159 g/mol. The second kappa shape index (κ2) is 4.04. The lowest BCUT2D eigenvalue weighted by molar-refractivity contribution is -0.118. The Balaban J connectivity index is 2.18. The van der Waals surface area contributed by atoms with E-state index in [1.165, 1.54) is 12.8 Å². The summed E-state index contributed by atoms with van der Waals surface area (Å²) in [7, 11) is 3.25. The van der Waals surface area contributed by atoms with Gasteiger partial charge in [-0.3, -0.25) is 0 Å². The van der Waals surface area contributed by atoms with Crippen molar-refractivity contribution < 1.29 is 9.47 Å². The number of ether oxygens (including phenoxy) is 2. The van der Waals surface area contributed by atoms with Gasteiger partial charge in [-0.2, -0.15) is 0 Å². The van der Waals surface area contributed by atoms with Crippen LogP contribution in [0, 0.1) is 5.92 Å². The summed E-state index contributed by atoms with van der Waals surface area (Å²) in [6.07, 6.45) is 3.46. The first kappa shape index (κ1) is 8.97. The standard InChI is InChI=1S/C8H17NO2/c1-10-8(11-2)7(9)5-6-3-4-6/h6-8H,3-5,9H2,1-2H3. The molecule has 3 nitrogen and oxygen atoms in total. The van der Waals surface area contributed by atoms with Crippen molar-refractivity contribution in [3.63, 3.8) is 0 Å². The Kier molecular flexibility index (Phi) is 3.30. The molecule has 2 N–H and O–H groups in total. The van der Waals surface area contributed by atoms with E-state index in [0.717, 1.165) is 12.3 Å². The average molecular weight is 159 g/mol. The van der Waals surface area contributed by atoms with Crippen LogP contribution in [-0.4, -0.2) is 26.6 Å². The van der Waals surface area contributed by atoms with Gasteiger partial charge >= 0.3 is 0 Å². The average Bonchev–Trinajstić information content (AvgIpc) is 2.74. The van der Waals surface area contributed by atoms with E-state index in [1.807, 2.05) is 0 Å². The molecule has 0 bridgehead atoms. The third kappa shape index (κ3) is 2.77. The van der Waals surface area contributed by atoms with Crippen molar-refractivity contribution in [2.75, 3.05) is 14.2 Å². The number of hydrogen-bond donors (Lipinski definition) is 1. The highest BCUT2D eigenvalue weighted by molar-refractivity contribution is 4.79. The maximum atomic E-state index is 5.83. The lowest BCUT2D eigenvalue weighted by Gasteiger charge is -2.20. The van der Waals surface area contributed by atoms with Gasteiger partial charge in [0.2, 0.25) is 0 Å². The van der Waals surface area contributed by atoms with Gasteiger partial charge in [0.15, 0.2) is 6.29 Å². The van der Waals surface area contributed by atoms with Crippen LogP contribution in [0.2, 0.25) is 0 Å². The third-order valence-electron chi connectivity index (χ3n) is 2.12. The summed E-state index contributed by atoms with van der Waals surface area (Å²) < 4.78 is 10.1. The van der Waals surface area contributed by atoms with E-state index in [2.05, 4.69) is 0 Å². The quantitative estimate of drug-likeness (QED) is 0.601. The van der Waals surface area contributed by atoms with Crippen LogP contribution in [0.1, 0.15) is 19.3 Å². The van der Waals surface area contributed by atoms with Gasteiger partial charge in [-0.05, 0) is 12.3 Å². The molecule has 1 saturated carbocycles. The summed E-state index contributed by atoms with van der Waals surface area (Å²) in [6.45, 7) is 0. The van der Waals surface area contributed by atoms with Gasteiger partial charge in [0.05, 0.1) is 6.04 Å². The number of rotatable bonds is 5. The highest BCUT2D eigenvalue weighted by Crippen LogP contribution is 2.33. The third-order valence-corrected chi connectivity index (χ3v) is 2.12. The molecule has 0 aromatic carbocycles. The Hall–Kier alpha value is -0.120. The van der Waals surface area contributed by atoms with Crippen molar-refractivity contribution in [2.24, 2.45) is 11.7 Å². The van der Waals surface area contributed by atoms with Gasteiger partial charge in [-0.25, -0.2) is 0 Å². The molecule has 1 fully saturated rings. The van der Waals surface area contributed by atoms with Crippen LogP contribution in [0.25, 0.3) is 0 Å². The van der Waals surface area contributed by atoms with E-state index in [-0.39, 0.29) is 12.3 Å². The minimum Gasteiger partial charge on any atom is -0.354 e. The first-order valence-corrected chi connectivity index (χ1v) is 4.09. The van der Waals surface area contributed by atoms with E-state index in [1.54, 1.807) is 14.2 Å². The van der Waals surface area contributed by atoms with Crippen molar-refractivity contribution in [2.45, 2.75) is 31.6 Å². The fourth-order valence-electron chi connectivity index (χ4n) is 1.30. The van der Waals surface area contributed by atoms with E-state index >= 15 is 0 Å². The second-order valence-corrected chi connectivity index (χ2v) is 3.18. The van der Waals surface area contributed by atoms with Crippen LogP contribution in [0.3, 0.4) is 0 Å². The summed E-state index contributed by atoms with van der Waals surface area (Å²) in [6, 6.07) is 0.0394. The first-order valence-electron chi connectivity index (χ1n) is 4.09. The predicted molar refractivity (Wildman–Crippen MR) is 43.1 cm³/mol. The van der Waals surface area contributed by atoms with E-state index < -0.39 is 0 Å². The van der Waals surface area contributed by atoms with Crippen LogP contribution >= 0.6 is 0 Å². The fourth-order valence-corrected chi connectivity index (χ4v) is 1.30. The first-order chi connectivity index (χ1) is 5.27. The van der Waals surface area contributed by atoms with E-state index in [4.69, 9.17) is 15.2 Å². The molecule has 0 aromatic heterocycles. The molecule has 0 aliphatic heterocycles. The van der Waals surface area contributed by atoms with Gasteiger partial charge in [0.25, 0.3) is 0 Å². The second-order valence-electron chi connectivity index (χ2n) is 3.18. The van der Waals surface area contributed by atoms with Crippen LogP contribution in [-0.2, 0) is 9.47 Å². The molecule has 1 rings (SSSR count). The maximum Gasteiger partial charge on any atom is 0.171 e. The smallest absolute Gasteiger partial charge is 0.171 e. The molecule has 0 heterocycles. The summed E-state index contributed by atoms with van der Waals surface area (Å²) >= 11 is 0. The minimum absolute atomic E-state index is 0.0394. The van der Waals surface area contributed by atoms with Crippen molar-refractivity contribution in [1.82, 2.24) is 0 Å². The molecule has 11 heavy (non-hydrogen) atoms. The van der Waals surface area contributed by atoms with Gasteiger partial charge < -0.3 is 15.2 Å². The molecular formula is C8H17NO2. The Morgan fingerprint density at radius 2 is 1.91 bits per heavy atom. The molecular weight excluding hydrogens is 142 g/mol. The summed E-state index contributed by atoms with van der Waals surface area (Å²) in [5.74, 6) is 0.831. The van der Waals surface area contributed by atoms with Crippen molar-refractivity contribution in [3.05, 3.63) is 0 Å². The van der Waals surface area contributed by atoms with Crippen LogP contribution in [0.5, 0.6) is 0 Å². The zero-order valence-electron chi connectivity index (χ0n) is 7.25. The van der Waals surface area contributed by atoms with Gasteiger partial charge in [0, 0.05) is 14.2 Å². The fraction of sp³-hybridized carbons (Fsp3) is 1.00. The molecule has 0 saturated heterocycles. The zero-order valence-corrected chi connectivity index (χ0v) is 7.25. The van der Waals surface area contributed by atoms with Crippen molar-refractivity contribution in [1.29, 1.82) is 0 Å². The van der Waals surface area contributed by atoms with Crippen molar-refractivity contribution in [3.8, 4) is 0 Å². The van der Waals surface area contributed by atoms with Gasteiger partial charge in [0.1, 0.15) is 0 Å². The van der Waals surface area contributed by atoms with Crippen LogP contribution < -0.4 is 5.73 Å². The minimum atomic E-state index is -0.226. The van der Waals surface area contributed by atoms with Crippen molar-refractivity contribution >= 4 is 0 Å². The molecule has 0 aromatic rings. The summed E-state index contributed by atoms with van der Waals surface area (Å²) in [5, 5.41) is 0. The van der Waals surface area contributed by atoms with E-state index in [0.29, 0.717) is 0 Å². The van der Waals surface area contributed by atoms with Gasteiger partial charge in [-0.1, -0.05) is 12.8 Å². The summed E-state index contributed by atoms with van der Waals surface area (Å²) in [4.78, 5) is 0. The molecule has 1 aliphatic rings. The van der Waals surface area contributed by atoms with E-state index in [9.17, 15) is 0 Å². The lowest BCUT2D eigenvalue weighted by atomic mass is 10.1. The molecule has 3 heteroatoms. The predicted octanol–water partition coefficient (Wildman–Crippen LogP) is 0.733. The topological polar surface area (TPSA) is 44.5 Å². The zero-order chi connectivity index (χ0) is 8.27. The van der Waals surface area contributed by atoms with Gasteiger partial charge in [-0.15, -0.1) is 0 Å². The molecule has 1 aliphatic carbocycles. The highest BCUT2D eigenvalue weighted by atomic mass is 16.7. The molecule has 1 unspecified atom stereocenters. The maximum absolute atomic E-state index is 5.83. The Labute approximate surface area is 67.9 Å². The number of methoxy groups -OCH3 is 2. The largest absolute Gasteiger partial charge is 0.354 e. The Bertz CT molecular complexity index is 111. The lowest BCUT2D eigenvalue weighted by Crippen LogP contribution is -2.37. The summed E-state index contributed by atoms with van der Waals surface area (Å²) in [5.41, 5.74) is 5.83. The van der Waals surface area contributed by atoms with Crippen LogP contribution in [0.15, 0.2) is 0 Å². The Morgan fingerprint density at radius 3 is 2.27 bits per heavy atom. The Morgan fingerprint density at radius 1 is 1.36 bits per heavy atom. The molecule has 0 radical (unpaired) electrons.